The molecule has 0 aliphatic heterocycles. The third kappa shape index (κ3) is 1.97. The maximum atomic E-state index is 5.42. The molecule has 0 aromatic carbocycles. The quantitative estimate of drug-likeness (QED) is 0.692. The van der Waals surface area contributed by atoms with Gasteiger partial charge in [0.2, 0.25) is 0 Å². The lowest BCUT2D eigenvalue weighted by atomic mass is 10.2. The third-order valence-electron chi connectivity index (χ3n) is 1.28. The Hall–Kier alpha value is -0.600. The van der Waals surface area contributed by atoms with Crippen LogP contribution in [-0.2, 0) is 0 Å². The van der Waals surface area contributed by atoms with E-state index in [1.54, 1.807) is 11.3 Å². The zero-order valence-electron chi connectivity index (χ0n) is 6.00. The molecule has 1 heterocycles. The Morgan fingerprint density at radius 1 is 1.80 bits per heavy atom. The first-order valence-electron chi connectivity index (χ1n) is 3.22. The van der Waals surface area contributed by atoms with Crippen LogP contribution in [0.25, 0.3) is 6.08 Å². The molecular formula is C8H11NS. The van der Waals surface area contributed by atoms with Gasteiger partial charge >= 0.3 is 0 Å². The summed E-state index contributed by atoms with van der Waals surface area (Å²) in [4.78, 5) is 0. The van der Waals surface area contributed by atoms with Gasteiger partial charge < -0.3 is 5.73 Å². The van der Waals surface area contributed by atoms with Gasteiger partial charge in [0.25, 0.3) is 0 Å². The summed E-state index contributed by atoms with van der Waals surface area (Å²) in [6.45, 7) is 2.69. The summed E-state index contributed by atoms with van der Waals surface area (Å²) in [7, 11) is 0. The van der Waals surface area contributed by atoms with Crippen molar-refractivity contribution in [3.8, 4) is 0 Å². The molecule has 0 atom stereocenters. The van der Waals surface area contributed by atoms with E-state index in [0.29, 0.717) is 6.54 Å². The van der Waals surface area contributed by atoms with E-state index >= 15 is 0 Å². The summed E-state index contributed by atoms with van der Waals surface area (Å²) in [5.74, 6) is 0. The molecule has 0 fully saturated rings. The molecule has 0 aliphatic rings. The Bertz CT molecular complexity index is 211. The second kappa shape index (κ2) is 3.54. The first kappa shape index (κ1) is 7.51. The predicted molar refractivity (Wildman–Crippen MR) is 47.0 cm³/mol. The van der Waals surface area contributed by atoms with Crippen molar-refractivity contribution in [2.75, 3.05) is 6.54 Å². The van der Waals surface area contributed by atoms with Crippen LogP contribution in [0.3, 0.4) is 0 Å². The van der Waals surface area contributed by atoms with Crippen LogP contribution >= 0.6 is 11.3 Å². The Morgan fingerprint density at radius 3 is 3.10 bits per heavy atom. The maximum absolute atomic E-state index is 5.42. The van der Waals surface area contributed by atoms with Gasteiger partial charge in [-0.2, -0.15) is 11.3 Å². The summed E-state index contributed by atoms with van der Waals surface area (Å²) in [6, 6.07) is 2.09. The number of nitrogens with two attached hydrogens (primary N) is 1. The number of hydrogen-bond acceptors (Lipinski definition) is 2. The molecule has 2 N–H and O–H groups in total. The fraction of sp³-hybridized carbons (Fsp3) is 0.250. The predicted octanol–water partition coefficient (Wildman–Crippen LogP) is 2.11. The summed E-state index contributed by atoms with van der Waals surface area (Å²) in [5.41, 5.74) is 7.90. The molecule has 1 nitrogen and oxygen atoms in total. The minimum Gasteiger partial charge on any atom is -0.327 e. The first-order valence-corrected chi connectivity index (χ1v) is 4.16. The molecule has 1 aromatic heterocycles. The Labute approximate surface area is 65.2 Å². The number of rotatable bonds is 2. The van der Waals surface area contributed by atoms with Gasteiger partial charge in [0.1, 0.15) is 0 Å². The molecule has 1 rings (SSSR count). The highest BCUT2D eigenvalue weighted by Gasteiger charge is 1.87. The lowest BCUT2D eigenvalue weighted by Gasteiger charge is -1.91. The number of thiophene rings is 1. The van der Waals surface area contributed by atoms with E-state index in [4.69, 9.17) is 5.73 Å². The Morgan fingerprint density at radius 2 is 2.60 bits per heavy atom. The van der Waals surface area contributed by atoms with E-state index in [9.17, 15) is 0 Å². The van der Waals surface area contributed by atoms with Crippen molar-refractivity contribution in [1.82, 2.24) is 0 Å². The van der Waals surface area contributed by atoms with Crippen molar-refractivity contribution in [2.24, 2.45) is 5.73 Å². The van der Waals surface area contributed by atoms with Gasteiger partial charge in [0, 0.05) is 6.54 Å². The highest BCUT2D eigenvalue weighted by molar-refractivity contribution is 7.08. The second-order valence-corrected chi connectivity index (χ2v) is 3.03. The van der Waals surface area contributed by atoms with Crippen LogP contribution in [0.5, 0.6) is 0 Å². The van der Waals surface area contributed by atoms with Crippen LogP contribution in [0.1, 0.15) is 12.5 Å². The van der Waals surface area contributed by atoms with Crippen LogP contribution in [0.2, 0.25) is 0 Å². The van der Waals surface area contributed by atoms with Gasteiger partial charge in [-0.1, -0.05) is 11.6 Å². The standard InChI is InChI=1S/C8H11NS/c1-7(5-9)4-8-2-3-10-6-8/h2-4,6H,5,9H2,1H3. The highest BCUT2D eigenvalue weighted by atomic mass is 32.1. The van der Waals surface area contributed by atoms with E-state index in [1.807, 2.05) is 6.92 Å². The molecule has 0 bridgehead atoms. The van der Waals surface area contributed by atoms with E-state index in [0.717, 1.165) is 0 Å². The molecule has 1 aromatic rings. The SMILES string of the molecule is CC(=Cc1ccsc1)CN. The lowest BCUT2D eigenvalue weighted by molar-refractivity contribution is 1.15. The minimum absolute atomic E-state index is 0.649. The zero-order chi connectivity index (χ0) is 7.40. The van der Waals surface area contributed by atoms with Crippen molar-refractivity contribution in [2.45, 2.75) is 6.92 Å². The Kier molecular flexibility index (Phi) is 2.66. The smallest absolute Gasteiger partial charge is 0.0137 e. The molecule has 0 saturated carbocycles. The van der Waals surface area contributed by atoms with E-state index in [-0.39, 0.29) is 0 Å². The first-order chi connectivity index (χ1) is 4.83. The van der Waals surface area contributed by atoms with Crippen LogP contribution in [0.15, 0.2) is 22.4 Å². The molecule has 0 spiro atoms. The third-order valence-corrected chi connectivity index (χ3v) is 1.98. The molecule has 0 radical (unpaired) electrons. The summed E-state index contributed by atoms with van der Waals surface area (Å²) in [6.07, 6.45) is 2.11. The molecule has 10 heavy (non-hydrogen) atoms. The monoisotopic (exact) mass is 153 g/mol. The van der Waals surface area contributed by atoms with Gasteiger partial charge in [0.05, 0.1) is 0 Å². The summed E-state index contributed by atoms with van der Waals surface area (Å²) < 4.78 is 0. The van der Waals surface area contributed by atoms with Crippen molar-refractivity contribution in [3.05, 3.63) is 28.0 Å². The van der Waals surface area contributed by atoms with Gasteiger partial charge in [-0.25, -0.2) is 0 Å². The fourth-order valence-corrected chi connectivity index (χ4v) is 1.32. The van der Waals surface area contributed by atoms with Crippen LogP contribution < -0.4 is 5.73 Å². The molecule has 0 unspecified atom stereocenters. The lowest BCUT2D eigenvalue weighted by Crippen LogP contribution is -1.98. The van der Waals surface area contributed by atoms with Gasteiger partial charge in [-0.05, 0) is 29.3 Å². The number of hydrogen-bond donors (Lipinski definition) is 1. The van der Waals surface area contributed by atoms with E-state index in [1.165, 1.54) is 11.1 Å². The largest absolute Gasteiger partial charge is 0.327 e. The summed E-state index contributed by atoms with van der Waals surface area (Å²) >= 11 is 1.71. The van der Waals surface area contributed by atoms with Crippen molar-refractivity contribution in [1.29, 1.82) is 0 Å². The van der Waals surface area contributed by atoms with Gasteiger partial charge in [0.15, 0.2) is 0 Å². The van der Waals surface area contributed by atoms with Gasteiger partial charge in [-0.3, -0.25) is 0 Å². The maximum Gasteiger partial charge on any atom is 0.0137 e. The van der Waals surface area contributed by atoms with Gasteiger partial charge in [-0.15, -0.1) is 0 Å². The van der Waals surface area contributed by atoms with Crippen LogP contribution in [-0.4, -0.2) is 6.54 Å². The Balaban J connectivity index is 2.71. The summed E-state index contributed by atoms with van der Waals surface area (Å²) in [5, 5.41) is 4.18. The molecule has 0 saturated heterocycles. The second-order valence-electron chi connectivity index (χ2n) is 2.25. The molecular weight excluding hydrogens is 142 g/mol. The van der Waals surface area contributed by atoms with E-state index < -0.39 is 0 Å². The molecule has 0 aliphatic carbocycles. The van der Waals surface area contributed by atoms with Crippen molar-refractivity contribution >= 4 is 17.4 Å². The minimum atomic E-state index is 0.649. The average molecular weight is 153 g/mol. The fourth-order valence-electron chi connectivity index (χ4n) is 0.701. The van der Waals surface area contributed by atoms with Crippen LogP contribution in [0, 0.1) is 0 Å². The normalized spacial score (nSPS) is 12.0. The topological polar surface area (TPSA) is 26.0 Å². The van der Waals surface area contributed by atoms with Crippen molar-refractivity contribution < 1.29 is 0 Å². The average Bonchev–Trinajstić information content (AvgIpc) is 2.40. The molecule has 2 heteroatoms. The van der Waals surface area contributed by atoms with E-state index in [2.05, 4.69) is 22.9 Å². The van der Waals surface area contributed by atoms with Crippen molar-refractivity contribution in [3.63, 3.8) is 0 Å². The molecule has 0 amide bonds. The van der Waals surface area contributed by atoms with Crippen LogP contribution in [0.4, 0.5) is 0 Å². The molecule has 54 valence electrons. The zero-order valence-corrected chi connectivity index (χ0v) is 6.82. The highest BCUT2D eigenvalue weighted by Crippen LogP contribution is 2.09.